The first-order valence-electron chi connectivity index (χ1n) is 0.851. The molecule has 0 bridgehead atoms. The Morgan fingerprint density at radius 3 is 2.00 bits per heavy atom. The van der Waals surface area contributed by atoms with Crippen LogP contribution in [-0.4, -0.2) is 60.1 Å². The molecule has 0 fully saturated rings. The predicted molar refractivity (Wildman–Crippen MR) is 22.1 cm³/mol. The standard InChI is InChI=1S/CHN2O2.Ba.2H/c2-3-1(4)5;;;/h(H,4,5);;;. The maximum atomic E-state index is 8.95. The summed E-state index contributed by atoms with van der Waals surface area (Å²) >= 11 is 0. The van der Waals surface area contributed by atoms with Crippen molar-refractivity contribution in [2.24, 2.45) is 0 Å². The molecule has 4 nitrogen and oxygen atoms in total. The van der Waals surface area contributed by atoms with Gasteiger partial charge in [0.05, 0.1) is 5.11 Å². The topological polar surface area (TPSA) is 73.7 Å². The van der Waals surface area contributed by atoms with E-state index in [1.54, 1.807) is 5.11 Å². The van der Waals surface area contributed by atoms with Crippen LogP contribution in [0.1, 0.15) is 0 Å². The molecule has 0 atom stereocenters. The van der Waals surface area contributed by atoms with Gasteiger partial charge in [-0.2, -0.15) is 4.79 Å². The second-order valence-corrected chi connectivity index (χ2v) is 0.383. The summed E-state index contributed by atoms with van der Waals surface area (Å²) in [7, 11) is 0. The molecule has 0 aromatic carbocycles. The Morgan fingerprint density at radius 2 is 2.00 bits per heavy atom. The summed E-state index contributed by atoms with van der Waals surface area (Å²) < 4.78 is 0. The monoisotopic (exact) mass is 213 g/mol. The summed E-state index contributed by atoms with van der Waals surface area (Å²) in [6.45, 7) is 0. The van der Waals surface area contributed by atoms with Gasteiger partial charge in [0, 0.05) is 0 Å². The van der Waals surface area contributed by atoms with E-state index in [0.29, 0.717) is 0 Å². The average Bonchev–Trinajstić information content (AvgIpc) is 1.38. The van der Waals surface area contributed by atoms with Crippen molar-refractivity contribution in [3.05, 3.63) is 5.53 Å². The van der Waals surface area contributed by atoms with E-state index in [2.05, 4.69) is 0 Å². The Bertz CT molecular complexity index is 62.6. The number of carboxylic acid groups (broad SMARTS) is 1. The molecule has 5 heteroatoms. The van der Waals surface area contributed by atoms with Crippen LogP contribution in [0.4, 0.5) is 4.79 Å². The molecular weight excluding hydrogens is 209 g/mol. The van der Waals surface area contributed by atoms with E-state index in [4.69, 9.17) is 15.4 Å². The Labute approximate surface area is 74.5 Å². The summed E-state index contributed by atoms with van der Waals surface area (Å²) in [5.41, 5.74) is 7.17. The van der Waals surface area contributed by atoms with Gasteiger partial charge in [0.15, 0.2) is 0 Å². The first kappa shape index (κ1) is 9.81. The second-order valence-electron chi connectivity index (χ2n) is 0.383. The van der Waals surface area contributed by atoms with E-state index < -0.39 is 6.09 Å². The summed E-state index contributed by atoms with van der Waals surface area (Å²) in [6.07, 6.45) is -1.56. The van der Waals surface area contributed by atoms with Gasteiger partial charge >= 0.3 is 55.0 Å². The Kier molecular flexibility index (Phi) is 9.23. The van der Waals surface area contributed by atoms with Crippen molar-refractivity contribution < 1.29 is 9.90 Å². The summed E-state index contributed by atoms with van der Waals surface area (Å²) in [6, 6.07) is 0. The Hall–Kier alpha value is 0.641. The van der Waals surface area contributed by atoms with Crippen molar-refractivity contribution in [1.82, 2.24) is 5.11 Å². The van der Waals surface area contributed by atoms with Gasteiger partial charge in [-0.05, 0) is 0 Å². The molecule has 0 rings (SSSR count). The molecule has 31 valence electrons. The molecule has 1 radical (unpaired) electrons. The molecule has 0 unspecified atom stereocenters. The van der Waals surface area contributed by atoms with Gasteiger partial charge in [-0.3, -0.25) is 0 Å². The first-order chi connectivity index (χ1) is 2.27. The van der Waals surface area contributed by atoms with Gasteiger partial charge in [0.2, 0.25) is 0 Å². The number of carbonyl (C=O) groups is 1. The van der Waals surface area contributed by atoms with Crippen LogP contribution >= 0.6 is 0 Å². The van der Waals surface area contributed by atoms with E-state index in [1.807, 2.05) is 0 Å². The van der Waals surface area contributed by atoms with Crippen molar-refractivity contribution in [2.45, 2.75) is 0 Å². The zero-order chi connectivity index (χ0) is 4.28. The van der Waals surface area contributed by atoms with Gasteiger partial charge in [0.25, 0.3) is 0 Å². The second kappa shape index (κ2) is 5.64. The van der Waals surface area contributed by atoms with Crippen LogP contribution in [0.3, 0.4) is 0 Å². The molecule has 0 heterocycles. The molecule has 0 aromatic rings. The van der Waals surface area contributed by atoms with Crippen LogP contribution in [0.2, 0.25) is 0 Å². The number of hydrogen-bond donors (Lipinski definition) is 1. The smallest absolute Gasteiger partial charge is 0.423 e. The molecule has 0 aliphatic rings. The molecule has 0 aliphatic carbocycles. The minimum absolute atomic E-state index is 0. The van der Waals surface area contributed by atoms with E-state index >= 15 is 0 Å². The van der Waals surface area contributed by atoms with E-state index in [-0.39, 0.29) is 48.9 Å². The minimum atomic E-state index is -1.56. The fraction of sp³-hybridized carbons (Fsp3) is 0. The Morgan fingerprint density at radius 1 is 1.83 bits per heavy atom. The van der Waals surface area contributed by atoms with Crippen LogP contribution < -0.4 is 5.11 Å². The third kappa shape index (κ3) is 8.82. The number of rotatable bonds is 0. The van der Waals surface area contributed by atoms with Crippen molar-refractivity contribution in [3.8, 4) is 0 Å². The molecule has 0 aliphatic heterocycles. The van der Waals surface area contributed by atoms with Crippen molar-refractivity contribution in [3.63, 3.8) is 0 Å². The van der Waals surface area contributed by atoms with Crippen LogP contribution in [0.15, 0.2) is 0 Å². The van der Waals surface area contributed by atoms with Crippen LogP contribution in [0.5, 0.6) is 0 Å². The van der Waals surface area contributed by atoms with E-state index in [0.717, 1.165) is 0 Å². The predicted octanol–water partition coefficient (Wildman–Crippen LogP) is -0.894. The van der Waals surface area contributed by atoms with Crippen LogP contribution in [0, 0.1) is 0 Å². The number of hydrogen-bond acceptors (Lipinski definition) is 1. The van der Waals surface area contributed by atoms with Gasteiger partial charge in [0.1, 0.15) is 0 Å². The van der Waals surface area contributed by atoms with E-state index in [9.17, 15) is 0 Å². The molecule has 0 saturated heterocycles. The number of amides is 1. The molecule has 0 spiro atoms. The van der Waals surface area contributed by atoms with Gasteiger partial charge in [-0.25, -0.2) is 0 Å². The minimum Gasteiger partial charge on any atom is -0.423 e. The molecule has 1 amide bonds. The van der Waals surface area contributed by atoms with Crippen molar-refractivity contribution in [2.75, 3.05) is 0 Å². The van der Waals surface area contributed by atoms with Crippen LogP contribution in [-0.2, 0) is 0 Å². The van der Waals surface area contributed by atoms with Gasteiger partial charge in [-0.1, -0.05) is 0 Å². The SMILES string of the molecule is [BaH2].[N-]=[N+]C(=O)O. The zero-order valence-corrected chi connectivity index (χ0v) is 2.25. The molecule has 0 aromatic heterocycles. The largest absolute Gasteiger partial charge is 0.649 e. The molecule has 0 saturated carbocycles. The Balaban J connectivity index is 0. The van der Waals surface area contributed by atoms with Crippen LogP contribution in [0.25, 0.3) is 5.53 Å². The van der Waals surface area contributed by atoms with E-state index in [1.165, 1.54) is 0 Å². The third-order valence-corrected chi connectivity index (χ3v) is 0.0855. The maximum absolute atomic E-state index is 8.95. The quantitative estimate of drug-likeness (QED) is 0.418. The molecular formula is CH3BaN2O2. The normalized spacial score (nSPS) is 5.33. The average molecular weight is 212 g/mol. The van der Waals surface area contributed by atoms with Crippen molar-refractivity contribution >= 4 is 55.0 Å². The summed E-state index contributed by atoms with van der Waals surface area (Å²) in [4.78, 5) is 8.95. The van der Waals surface area contributed by atoms with Crippen molar-refractivity contribution in [1.29, 1.82) is 0 Å². The van der Waals surface area contributed by atoms with Gasteiger partial charge in [-0.15, -0.1) is 0 Å². The molecule has 1 N–H and O–H groups in total. The maximum Gasteiger partial charge on any atom is 0.649 e. The first-order valence-corrected chi connectivity index (χ1v) is 0.851. The van der Waals surface area contributed by atoms with Gasteiger partial charge < -0.3 is 10.6 Å². The molecule has 6 heavy (non-hydrogen) atoms. The summed E-state index contributed by atoms with van der Waals surface area (Å²) in [5, 5.41) is 9.11. The fourth-order valence-electron chi connectivity index (χ4n) is 0. The number of nitrogens with zero attached hydrogens (tertiary/aromatic N) is 2. The fourth-order valence-corrected chi connectivity index (χ4v) is 0. The third-order valence-electron chi connectivity index (χ3n) is 0.0855. The summed E-state index contributed by atoms with van der Waals surface area (Å²) in [5.74, 6) is 0. The zero-order valence-electron chi connectivity index (χ0n) is 2.25.